The Morgan fingerprint density at radius 3 is 2.86 bits per heavy atom. The number of hydrogen-bond donors (Lipinski definition) is 1. The molecule has 22 heavy (non-hydrogen) atoms. The van der Waals surface area contributed by atoms with Crippen molar-refractivity contribution in [2.45, 2.75) is 33.2 Å². The molecule has 0 saturated carbocycles. The Morgan fingerprint density at radius 1 is 1.59 bits per heavy atom. The van der Waals surface area contributed by atoms with E-state index in [9.17, 15) is 9.90 Å². The summed E-state index contributed by atoms with van der Waals surface area (Å²) in [4.78, 5) is 20.8. The van der Waals surface area contributed by atoms with Crippen LogP contribution in [0.5, 0.6) is 5.88 Å². The third kappa shape index (κ3) is 3.81. The minimum Gasteiger partial charge on any atom is -0.476 e. The number of carbonyl (C=O) groups is 1. The topological polar surface area (TPSA) is 75.6 Å². The number of likely N-dealkylation sites (tertiary alicyclic amines) is 1. The molecule has 1 aliphatic rings. The van der Waals surface area contributed by atoms with Crippen molar-refractivity contribution >= 4 is 33.6 Å². The quantitative estimate of drug-likeness (QED) is 0.794. The van der Waals surface area contributed by atoms with Gasteiger partial charge in [-0.05, 0) is 39.4 Å². The minimum atomic E-state index is -0.881. The van der Waals surface area contributed by atoms with Crippen LogP contribution in [-0.2, 0) is 0 Å². The molecule has 1 aliphatic heterocycles. The van der Waals surface area contributed by atoms with E-state index in [1.807, 2.05) is 20.8 Å². The van der Waals surface area contributed by atoms with E-state index in [4.69, 9.17) is 16.3 Å². The Balaban J connectivity index is 2.11. The first-order valence-corrected chi connectivity index (χ1v) is 8.17. The van der Waals surface area contributed by atoms with Crippen molar-refractivity contribution in [3.05, 3.63) is 16.0 Å². The maximum atomic E-state index is 11.4. The van der Waals surface area contributed by atoms with Gasteiger partial charge in [-0.2, -0.15) is 4.98 Å². The van der Waals surface area contributed by atoms with Gasteiger partial charge in [0.1, 0.15) is 0 Å². The molecule has 0 radical (unpaired) electrons. The first kappa shape index (κ1) is 17.3. The van der Waals surface area contributed by atoms with Gasteiger partial charge >= 0.3 is 6.09 Å². The van der Waals surface area contributed by atoms with Crippen LogP contribution >= 0.6 is 27.5 Å². The van der Waals surface area contributed by atoms with Gasteiger partial charge in [-0.3, -0.25) is 0 Å². The molecule has 2 rings (SSSR count). The van der Waals surface area contributed by atoms with E-state index in [0.717, 1.165) is 6.42 Å². The Kier molecular flexibility index (Phi) is 5.17. The molecule has 0 aromatic carbocycles. The number of aromatic nitrogens is 2. The summed E-state index contributed by atoms with van der Waals surface area (Å²) in [6.45, 7) is 7.05. The molecule has 1 fully saturated rings. The molecule has 1 saturated heterocycles. The fourth-order valence-corrected chi connectivity index (χ4v) is 3.47. The molecule has 1 N–H and O–H groups in total. The average Bonchev–Trinajstić information content (AvgIpc) is 2.84. The number of halogens is 2. The second kappa shape index (κ2) is 6.58. The lowest BCUT2D eigenvalue weighted by atomic mass is 9.80. The van der Waals surface area contributed by atoms with Crippen LogP contribution < -0.4 is 4.74 Å². The Bertz CT molecular complexity index is 565. The van der Waals surface area contributed by atoms with Crippen molar-refractivity contribution in [3.63, 3.8) is 0 Å². The van der Waals surface area contributed by atoms with Gasteiger partial charge in [0.05, 0.1) is 11.1 Å². The molecule has 1 aromatic heterocycles. The summed E-state index contributed by atoms with van der Waals surface area (Å²) in [5, 5.41) is 9.49. The summed E-state index contributed by atoms with van der Waals surface area (Å²) < 4.78 is 6.38. The predicted octanol–water partition coefficient (Wildman–Crippen LogP) is 3.69. The van der Waals surface area contributed by atoms with Crippen molar-refractivity contribution in [2.75, 3.05) is 13.2 Å². The predicted molar refractivity (Wildman–Crippen MR) is 86.3 cm³/mol. The number of nitrogens with zero attached hydrogens (tertiary/aromatic N) is 3. The lowest BCUT2D eigenvalue weighted by molar-refractivity contribution is 0.0778. The monoisotopic (exact) mass is 391 g/mol. The maximum absolute atomic E-state index is 11.4. The van der Waals surface area contributed by atoms with Gasteiger partial charge < -0.3 is 14.7 Å². The van der Waals surface area contributed by atoms with Crippen LogP contribution in [0.3, 0.4) is 0 Å². The van der Waals surface area contributed by atoms with E-state index in [-0.39, 0.29) is 22.7 Å². The molecular weight excluding hydrogens is 374 g/mol. The lowest BCUT2D eigenvalue weighted by Gasteiger charge is -2.36. The Morgan fingerprint density at radius 2 is 2.27 bits per heavy atom. The third-order valence-corrected chi connectivity index (χ3v) is 4.50. The van der Waals surface area contributed by atoms with Crippen LogP contribution in [0.25, 0.3) is 0 Å². The molecule has 2 atom stereocenters. The molecular formula is C14H19BrClN3O3. The molecule has 0 bridgehead atoms. The van der Waals surface area contributed by atoms with Crippen LogP contribution in [0, 0.1) is 11.3 Å². The van der Waals surface area contributed by atoms with Crippen LogP contribution in [-0.4, -0.2) is 45.3 Å². The second-order valence-corrected chi connectivity index (χ2v) is 7.63. The van der Waals surface area contributed by atoms with Crippen molar-refractivity contribution < 1.29 is 14.6 Å². The van der Waals surface area contributed by atoms with Gasteiger partial charge in [0, 0.05) is 24.7 Å². The van der Waals surface area contributed by atoms with E-state index in [1.165, 1.54) is 11.1 Å². The molecule has 1 amide bonds. The number of ether oxygens (including phenoxy) is 1. The van der Waals surface area contributed by atoms with Crippen LogP contribution in [0.4, 0.5) is 4.79 Å². The standard InChI is InChI=1S/C14H19BrClN3O3/c1-14(2,3)10-8(4-5-19(10)13(20)21)7-22-11-9(15)6-17-12(16)18-11/h6,8,10H,4-5,7H2,1-3H3,(H,20,21)/t8?,10-/m1/s1. The fourth-order valence-electron chi connectivity index (χ4n) is 3.04. The SMILES string of the molecule is CC(C)(C)[C@H]1C(COc2nc(Cl)ncc2Br)CCN1C(=O)O. The van der Waals surface area contributed by atoms with E-state index in [0.29, 0.717) is 23.5 Å². The van der Waals surface area contributed by atoms with E-state index >= 15 is 0 Å². The molecule has 122 valence electrons. The molecule has 2 heterocycles. The van der Waals surface area contributed by atoms with Gasteiger partial charge in [0.25, 0.3) is 0 Å². The molecule has 0 spiro atoms. The minimum absolute atomic E-state index is 0.0962. The number of carboxylic acid groups (broad SMARTS) is 1. The van der Waals surface area contributed by atoms with E-state index < -0.39 is 6.09 Å². The first-order chi connectivity index (χ1) is 10.2. The van der Waals surface area contributed by atoms with Crippen LogP contribution in [0.15, 0.2) is 10.7 Å². The zero-order valence-electron chi connectivity index (χ0n) is 12.7. The Hall–Kier alpha value is -1.08. The van der Waals surface area contributed by atoms with Crippen LogP contribution in [0.1, 0.15) is 27.2 Å². The molecule has 1 unspecified atom stereocenters. The smallest absolute Gasteiger partial charge is 0.407 e. The Labute approximate surface area is 143 Å². The first-order valence-electron chi connectivity index (χ1n) is 7.00. The lowest BCUT2D eigenvalue weighted by Crippen LogP contribution is -2.46. The number of hydrogen-bond acceptors (Lipinski definition) is 4. The average molecular weight is 393 g/mol. The van der Waals surface area contributed by atoms with Crippen molar-refractivity contribution in [1.82, 2.24) is 14.9 Å². The summed E-state index contributed by atoms with van der Waals surface area (Å²) in [6.07, 6.45) is 1.42. The third-order valence-electron chi connectivity index (χ3n) is 3.77. The van der Waals surface area contributed by atoms with Gasteiger partial charge in [-0.1, -0.05) is 20.8 Å². The summed E-state index contributed by atoms with van der Waals surface area (Å²) in [5.74, 6) is 0.484. The highest BCUT2D eigenvalue weighted by Gasteiger charge is 2.44. The summed E-state index contributed by atoms with van der Waals surface area (Å²) >= 11 is 9.09. The largest absolute Gasteiger partial charge is 0.476 e. The number of amides is 1. The summed E-state index contributed by atoms with van der Waals surface area (Å²) in [7, 11) is 0. The number of rotatable bonds is 3. The molecule has 8 heteroatoms. The van der Waals surface area contributed by atoms with Gasteiger partial charge in [0.15, 0.2) is 0 Å². The fraction of sp³-hybridized carbons (Fsp3) is 0.643. The van der Waals surface area contributed by atoms with Crippen molar-refractivity contribution in [2.24, 2.45) is 11.3 Å². The zero-order valence-corrected chi connectivity index (χ0v) is 15.1. The highest BCUT2D eigenvalue weighted by molar-refractivity contribution is 9.10. The highest BCUT2D eigenvalue weighted by Crippen LogP contribution is 2.37. The molecule has 0 aliphatic carbocycles. The van der Waals surface area contributed by atoms with E-state index in [1.54, 1.807) is 0 Å². The summed E-state index contributed by atoms with van der Waals surface area (Å²) in [6, 6.07) is -0.0962. The highest BCUT2D eigenvalue weighted by atomic mass is 79.9. The van der Waals surface area contributed by atoms with Gasteiger partial charge in [-0.15, -0.1) is 0 Å². The van der Waals surface area contributed by atoms with Crippen LogP contribution in [0.2, 0.25) is 5.28 Å². The normalized spacial score (nSPS) is 22.0. The van der Waals surface area contributed by atoms with Gasteiger partial charge in [0.2, 0.25) is 11.2 Å². The van der Waals surface area contributed by atoms with Crippen molar-refractivity contribution in [3.8, 4) is 5.88 Å². The van der Waals surface area contributed by atoms with Gasteiger partial charge in [-0.25, -0.2) is 9.78 Å². The van der Waals surface area contributed by atoms with Crippen molar-refractivity contribution in [1.29, 1.82) is 0 Å². The molecule has 1 aromatic rings. The zero-order chi connectivity index (χ0) is 16.5. The summed E-state index contributed by atoms with van der Waals surface area (Å²) in [5.41, 5.74) is -0.163. The van der Waals surface area contributed by atoms with E-state index in [2.05, 4.69) is 25.9 Å². The second-order valence-electron chi connectivity index (χ2n) is 6.44. The molecule has 6 nitrogen and oxygen atoms in total. The maximum Gasteiger partial charge on any atom is 0.407 e.